The van der Waals surface area contributed by atoms with Gasteiger partial charge in [0.2, 0.25) is 0 Å². The Morgan fingerprint density at radius 1 is 0.895 bits per heavy atom. The first-order valence-electron chi connectivity index (χ1n) is 6.89. The summed E-state index contributed by atoms with van der Waals surface area (Å²) in [5, 5.41) is 0. The maximum absolute atomic E-state index is 4.71. The summed E-state index contributed by atoms with van der Waals surface area (Å²) >= 11 is 0. The van der Waals surface area contributed by atoms with E-state index >= 15 is 0 Å². The van der Waals surface area contributed by atoms with Gasteiger partial charge < -0.3 is 0 Å². The minimum absolute atomic E-state index is 0.935. The van der Waals surface area contributed by atoms with Gasteiger partial charge in [-0.3, -0.25) is 4.57 Å². The highest BCUT2D eigenvalue weighted by Crippen LogP contribution is 2.22. The van der Waals surface area contributed by atoms with Crippen molar-refractivity contribution in [2.75, 3.05) is 0 Å². The third-order valence-corrected chi connectivity index (χ3v) is 3.55. The van der Waals surface area contributed by atoms with Gasteiger partial charge in [-0.15, -0.1) is 0 Å². The van der Waals surface area contributed by atoms with Gasteiger partial charge in [-0.25, -0.2) is 4.98 Å². The predicted molar refractivity (Wildman–Crippen MR) is 79.8 cm³/mol. The van der Waals surface area contributed by atoms with Crippen molar-refractivity contribution in [2.24, 2.45) is 0 Å². The zero-order valence-corrected chi connectivity index (χ0v) is 11.4. The van der Waals surface area contributed by atoms with Crippen LogP contribution in [0.25, 0.3) is 16.7 Å². The maximum atomic E-state index is 4.71. The van der Waals surface area contributed by atoms with Gasteiger partial charge in [0.05, 0.1) is 11.0 Å². The van der Waals surface area contributed by atoms with Crippen LogP contribution in [-0.4, -0.2) is 9.55 Å². The van der Waals surface area contributed by atoms with Crippen LogP contribution in [0.3, 0.4) is 0 Å². The summed E-state index contributed by atoms with van der Waals surface area (Å²) in [5.74, 6) is 1.12. The lowest BCUT2D eigenvalue weighted by Crippen LogP contribution is -2.00. The fourth-order valence-electron chi connectivity index (χ4n) is 2.48. The van der Waals surface area contributed by atoms with E-state index in [0.717, 1.165) is 24.2 Å². The summed E-state index contributed by atoms with van der Waals surface area (Å²) in [7, 11) is 0. The molecule has 0 unspecified atom stereocenters. The first-order chi connectivity index (χ1) is 9.33. The van der Waals surface area contributed by atoms with Crippen molar-refractivity contribution in [3.05, 3.63) is 59.9 Å². The van der Waals surface area contributed by atoms with Gasteiger partial charge in [-0.1, -0.05) is 38.1 Å². The molecule has 0 bridgehead atoms. The van der Waals surface area contributed by atoms with Crippen molar-refractivity contribution in [3.8, 4) is 5.69 Å². The fourth-order valence-corrected chi connectivity index (χ4v) is 2.48. The van der Waals surface area contributed by atoms with E-state index in [4.69, 9.17) is 4.98 Å². The van der Waals surface area contributed by atoms with E-state index in [1.165, 1.54) is 16.8 Å². The van der Waals surface area contributed by atoms with Gasteiger partial charge >= 0.3 is 0 Å². The number of fused-ring (bicyclic) bond motifs is 1. The summed E-state index contributed by atoms with van der Waals surface area (Å²) in [5.41, 5.74) is 4.82. The molecule has 2 aromatic carbocycles. The van der Waals surface area contributed by atoms with E-state index in [2.05, 4.69) is 60.9 Å². The molecular formula is C17H18N2. The van der Waals surface area contributed by atoms with E-state index in [0.29, 0.717) is 0 Å². The van der Waals surface area contributed by atoms with E-state index in [9.17, 15) is 0 Å². The minimum atomic E-state index is 0.935. The van der Waals surface area contributed by atoms with Gasteiger partial charge in [0, 0.05) is 12.1 Å². The molecule has 0 spiro atoms. The van der Waals surface area contributed by atoms with Crippen LogP contribution in [0.4, 0.5) is 0 Å². The van der Waals surface area contributed by atoms with Crippen LogP contribution < -0.4 is 0 Å². The number of hydrogen-bond donors (Lipinski definition) is 0. The Morgan fingerprint density at radius 3 is 2.32 bits per heavy atom. The van der Waals surface area contributed by atoms with Crippen LogP contribution in [0.15, 0.2) is 48.5 Å². The summed E-state index contributed by atoms with van der Waals surface area (Å²) in [6, 6.07) is 17.1. The Bertz CT molecular complexity index is 693. The monoisotopic (exact) mass is 250 g/mol. The van der Waals surface area contributed by atoms with Gasteiger partial charge in [-0.05, 0) is 36.2 Å². The Hall–Kier alpha value is -2.09. The molecule has 0 aliphatic carbocycles. The molecule has 3 rings (SSSR count). The maximum Gasteiger partial charge on any atom is 0.114 e. The number of para-hydroxylation sites is 2. The van der Waals surface area contributed by atoms with E-state index in [1.807, 2.05) is 6.07 Å². The van der Waals surface area contributed by atoms with Crippen LogP contribution in [0.1, 0.15) is 25.2 Å². The van der Waals surface area contributed by atoms with Crippen molar-refractivity contribution in [2.45, 2.75) is 26.7 Å². The third-order valence-electron chi connectivity index (χ3n) is 3.55. The number of nitrogens with zero attached hydrogens (tertiary/aromatic N) is 2. The van der Waals surface area contributed by atoms with E-state index in [-0.39, 0.29) is 0 Å². The molecule has 0 saturated heterocycles. The first-order valence-corrected chi connectivity index (χ1v) is 6.89. The average Bonchev–Trinajstić information content (AvgIpc) is 2.86. The van der Waals surface area contributed by atoms with Crippen molar-refractivity contribution >= 4 is 11.0 Å². The number of imidazole rings is 1. The number of aryl methyl sites for hydroxylation is 2. The van der Waals surface area contributed by atoms with E-state index < -0.39 is 0 Å². The Morgan fingerprint density at radius 2 is 1.63 bits per heavy atom. The molecule has 0 saturated carbocycles. The molecule has 0 fully saturated rings. The van der Waals surface area contributed by atoms with Crippen molar-refractivity contribution in [1.82, 2.24) is 9.55 Å². The van der Waals surface area contributed by atoms with Gasteiger partial charge in [0.1, 0.15) is 5.82 Å². The molecular weight excluding hydrogens is 232 g/mol. The zero-order chi connectivity index (χ0) is 13.2. The molecule has 0 amide bonds. The average molecular weight is 250 g/mol. The van der Waals surface area contributed by atoms with Crippen molar-refractivity contribution in [1.29, 1.82) is 0 Å². The standard InChI is InChI=1S/C17H18N2/c1-3-13-9-11-14(12-10-13)19-16-8-6-5-7-15(16)18-17(19)4-2/h5-12H,3-4H2,1-2H3. The Balaban J connectivity index is 2.21. The summed E-state index contributed by atoms with van der Waals surface area (Å²) < 4.78 is 2.26. The molecule has 1 heterocycles. The molecule has 1 aromatic heterocycles. The minimum Gasteiger partial charge on any atom is -0.296 e. The normalized spacial score (nSPS) is 11.1. The highest BCUT2D eigenvalue weighted by Gasteiger charge is 2.10. The lowest BCUT2D eigenvalue weighted by Gasteiger charge is -2.08. The topological polar surface area (TPSA) is 17.8 Å². The number of hydrogen-bond acceptors (Lipinski definition) is 1. The smallest absolute Gasteiger partial charge is 0.114 e. The Labute approximate surface area is 113 Å². The molecule has 0 N–H and O–H groups in total. The molecule has 0 aliphatic rings. The SMILES string of the molecule is CCc1ccc(-n2c(CC)nc3ccccc32)cc1. The third kappa shape index (κ3) is 2.03. The quantitative estimate of drug-likeness (QED) is 0.682. The lowest BCUT2D eigenvalue weighted by molar-refractivity contribution is 0.907. The van der Waals surface area contributed by atoms with Crippen LogP contribution >= 0.6 is 0 Å². The summed E-state index contributed by atoms with van der Waals surface area (Å²) in [4.78, 5) is 4.71. The number of benzene rings is 2. The molecule has 0 radical (unpaired) electrons. The van der Waals surface area contributed by atoms with Crippen LogP contribution in [0, 0.1) is 0 Å². The highest BCUT2D eigenvalue weighted by molar-refractivity contribution is 5.78. The van der Waals surface area contributed by atoms with Crippen molar-refractivity contribution < 1.29 is 0 Å². The molecule has 0 atom stereocenters. The molecule has 0 aliphatic heterocycles. The second kappa shape index (κ2) is 4.88. The highest BCUT2D eigenvalue weighted by atomic mass is 15.1. The van der Waals surface area contributed by atoms with Crippen molar-refractivity contribution in [3.63, 3.8) is 0 Å². The predicted octanol–water partition coefficient (Wildman–Crippen LogP) is 4.15. The van der Waals surface area contributed by atoms with Gasteiger partial charge in [-0.2, -0.15) is 0 Å². The van der Waals surface area contributed by atoms with Crippen LogP contribution in [-0.2, 0) is 12.8 Å². The van der Waals surface area contributed by atoms with Gasteiger partial charge in [0.25, 0.3) is 0 Å². The van der Waals surface area contributed by atoms with Gasteiger partial charge in [0.15, 0.2) is 0 Å². The second-order valence-electron chi connectivity index (χ2n) is 4.73. The number of aromatic nitrogens is 2. The lowest BCUT2D eigenvalue weighted by atomic mass is 10.1. The van der Waals surface area contributed by atoms with Crippen LogP contribution in [0.2, 0.25) is 0 Å². The molecule has 96 valence electrons. The second-order valence-corrected chi connectivity index (χ2v) is 4.73. The summed E-state index contributed by atoms with van der Waals surface area (Å²) in [6.45, 7) is 4.33. The van der Waals surface area contributed by atoms with Crippen LogP contribution in [0.5, 0.6) is 0 Å². The van der Waals surface area contributed by atoms with E-state index in [1.54, 1.807) is 0 Å². The zero-order valence-electron chi connectivity index (χ0n) is 11.4. The summed E-state index contributed by atoms with van der Waals surface area (Å²) in [6.07, 6.45) is 2.01. The number of rotatable bonds is 3. The molecule has 3 aromatic rings. The Kier molecular flexibility index (Phi) is 3.08. The largest absolute Gasteiger partial charge is 0.296 e. The molecule has 2 heteroatoms. The molecule has 2 nitrogen and oxygen atoms in total. The fraction of sp³-hybridized carbons (Fsp3) is 0.235. The first kappa shape index (κ1) is 12.0. The molecule has 19 heavy (non-hydrogen) atoms.